The Labute approximate surface area is 361 Å². The Hall–Kier alpha value is -6.48. The number of hydrogen-bond acceptors (Lipinski definition) is 12. The van der Waals surface area contributed by atoms with Crippen LogP contribution in [0.5, 0.6) is 0 Å². The molecule has 3 amide bonds. The van der Waals surface area contributed by atoms with E-state index < -0.39 is 0 Å². The summed E-state index contributed by atoms with van der Waals surface area (Å²) in [7, 11) is 0. The van der Waals surface area contributed by atoms with E-state index in [1.54, 1.807) is 11.2 Å². The molecule has 0 spiro atoms. The van der Waals surface area contributed by atoms with Crippen molar-refractivity contribution in [1.82, 2.24) is 40.7 Å². The maximum atomic E-state index is 12.9. The molecule has 4 aromatic heterocycles. The van der Waals surface area contributed by atoms with Crippen LogP contribution in [0.25, 0.3) is 33.7 Å². The molecule has 15 heteroatoms. The number of nitrogens with zero attached hydrogens (tertiary/aromatic N) is 7. The second-order valence-corrected chi connectivity index (χ2v) is 17.5. The van der Waals surface area contributed by atoms with Crippen molar-refractivity contribution in [2.24, 2.45) is 5.92 Å². The number of anilines is 3. The number of rotatable bonds is 15. The number of aromatic nitrogens is 6. The Balaban J connectivity index is 0.786. The first kappa shape index (κ1) is 42.2. The summed E-state index contributed by atoms with van der Waals surface area (Å²) in [5, 5.41) is 14.3. The molecule has 6 heterocycles. The highest BCUT2D eigenvalue weighted by Gasteiger charge is 2.26. The third-order valence-electron chi connectivity index (χ3n) is 11.9. The van der Waals surface area contributed by atoms with Crippen LogP contribution in [-0.4, -0.2) is 87.1 Å². The SMILES string of the molecule is Cc1cc(-c2ncnc3[nH]c(-c4ccc(NCCNCC5CCN(c6ccc(N7CCC(=O)NC7=O)cc6)CC5)cn4)cc23)ccc1[C@@H](C)CCC(=O)c1noc(C(C)(C)C)n1. The number of aryl methyl sites for hydroxylation is 1. The predicted molar refractivity (Wildman–Crippen MR) is 241 cm³/mol. The maximum absolute atomic E-state index is 12.9. The van der Waals surface area contributed by atoms with Gasteiger partial charge in [-0.3, -0.25) is 24.8 Å². The normalized spacial score (nSPS) is 15.6. The molecule has 2 aliphatic rings. The van der Waals surface area contributed by atoms with Crippen molar-refractivity contribution in [3.05, 3.63) is 96.0 Å². The van der Waals surface area contributed by atoms with Gasteiger partial charge in [-0.1, -0.05) is 45.0 Å². The highest BCUT2D eigenvalue weighted by atomic mass is 16.5. The first-order valence-corrected chi connectivity index (χ1v) is 21.6. The molecule has 1 atom stereocenters. The lowest BCUT2D eigenvalue weighted by atomic mass is 9.90. The average Bonchev–Trinajstić information content (AvgIpc) is 3.95. The number of Topliss-reactive ketones (excluding diaryl/α,β-unsaturated/α-hetero) is 1. The Morgan fingerprint density at radius 3 is 2.45 bits per heavy atom. The minimum absolute atomic E-state index is 0.111. The van der Waals surface area contributed by atoms with Crippen molar-refractivity contribution < 1.29 is 18.9 Å². The Kier molecular flexibility index (Phi) is 12.4. The molecule has 2 fully saturated rings. The number of hydrogen-bond donors (Lipinski definition) is 4. The summed E-state index contributed by atoms with van der Waals surface area (Å²) in [6.07, 6.45) is 7.00. The molecule has 2 aromatic carbocycles. The van der Waals surface area contributed by atoms with Crippen LogP contribution < -0.4 is 25.8 Å². The highest BCUT2D eigenvalue weighted by molar-refractivity contribution is 6.05. The molecule has 62 heavy (non-hydrogen) atoms. The molecule has 15 nitrogen and oxygen atoms in total. The summed E-state index contributed by atoms with van der Waals surface area (Å²) in [5.74, 6) is 1.06. The lowest BCUT2D eigenvalue weighted by Crippen LogP contribution is -2.49. The first-order chi connectivity index (χ1) is 29.9. The van der Waals surface area contributed by atoms with E-state index in [9.17, 15) is 14.4 Å². The molecular formula is C47H55N11O4. The number of nitrogens with one attached hydrogen (secondary N) is 4. The number of piperidine rings is 1. The van der Waals surface area contributed by atoms with Crippen molar-refractivity contribution in [2.75, 3.05) is 54.4 Å². The Bertz CT molecular complexity index is 2530. The van der Waals surface area contributed by atoms with Gasteiger partial charge in [-0.15, -0.1) is 0 Å². The van der Waals surface area contributed by atoms with Gasteiger partial charge in [0.15, 0.2) is 0 Å². The monoisotopic (exact) mass is 837 g/mol. The van der Waals surface area contributed by atoms with E-state index in [1.165, 1.54) is 5.56 Å². The molecular weight excluding hydrogens is 783 g/mol. The van der Waals surface area contributed by atoms with Gasteiger partial charge in [-0.25, -0.2) is 14.8 Å². The first-order valence-electron chi connectivity index (χ1n) is 21.6. The smallest absolute Gasteiger partial charge is 0.328 e. The van der Waals surface area contributed by atoms with Gasteiger partial charge in [0.2, 0.25) is 23.4 Å². The van der Waals surface area contributed by atoms with E-state index in [0.29, 0.717) is 37.6 Å². The van der Waals surface area contributed by atoms with Crippen LogP contribution in [0.2, 0.25) is 0 Å². The van der Waals surface area contributed by atoms with E-state index in [-0.39, 0.29) is 34.9 Å². The lowest BCUT2D eigenvalue weighted by Gasteiger charge is -2.34. The van der Waals surface area contributed by atoms with Crippen LogP contribution in [0.4, 0.5) is 21.9 Å². The summed E-state index contributed by atoms with van der Waals surface area (Å²) in [6, 6.07) is 20.2. The van der Waals surface area contributed by atoms with Crippen molar-refractivity contribution in [2.45, 2.75) is 78.1 Å². The van der Waals surface area contributed by atoms with Gasteiger partial charge in [0, 0.05) is 73.3 Å². The summed E-state index contributed by atoms with van der Waals surface area (Å²) in [5.41, 5.74) is 9.20. The van der Waals surface area contributed by atoms with Crippen LogP contribution in [-0.2, 0) is 10.2 Å². The van der Waals surface area contributed by atoms with Crippen LogP contribution in [0.15, 0.2) is 77.7 Å². The van der Waals surface area contributed by atoms with Gasteiger partial charge in [0.1, 0.15) is 12.0 Å². The number of carbonyl (C=O) groups excluding carboxylic acids is 3. The molecule has 2 saturated heterocycles. The predicted octanol–water partition coefficient (Wildman–Crippen LogP) is 7.81. The number of fused-ring (bicyclic) bond motifs is 1. The Morgan fingerprint density at radius 1 is 0.952 bits per heavy atom. The van der Waals surface area contributed by atoms with Gasteiger partial charge in [0.25, 0.3) is 0 Å². The van der Waals surface area contributed by atoms with E-state index >= 15 is 0 Å². The summed E-state index contributed by atoms with van der Waals surface area (Å²) >= 11 is 0. The maximum Gasteiger partial charge on any atom is 0.328 e. The molecule has 0 saturated carbocycles. The second-order valence-electron chi connectivity index (χ2n) is 17.5. The number of H-pyrrole nitrogens is 1. The van der Waals surface area contributed by atoms with Gasteiger partial charge in [-0.2, -0.15) is 4.98 Å². The number of amides is 3. The largest absolute Gasteiger partial charge is 0.383 e. The number of benzene rings is 2. The van der Waals surface area contributed by atoms with Crippen molar-refractivity contribution >= 4 is 45.8 Å². The number of urea groups is 1. The lowest BCUT2D eigenvalue weighted by molar-refractivity contribution is -0.120. The zero-order chi connectivity index (χ0) is 43.4. The molecule has 0 bridgehead atoms. The second kappa shape index (κ2) is 18.2. The van der Waals surface area contributed by atoms with E-state index in [0.717, 1.165) is 102 Å². The third kappa shape index (κ3) is 9.68. The Morgan fingerprint density at radius 2 is 1.74 bits per heavy atom. The minimum atomic E-state index is -0.358. The number of carbonyl (C=O) groups is 3. The molecule has 0 radical (unpaired) electrons. The standard InChI is InChI=1S/C47H55N11O4/c1-29(6-15-40(59)44-55-45(62-56-44)47(3,4)5)36-13-7-32(24-30(36)2)42-37-25-39(53-43(37)52-28-51-42)38-14-8-33(27-50-38)49-20-19-48-26-31-16-21-57(22-17-31)34-9-11-35(12-10-34)58-23-18-41(60)54-46(58)61/h7-14,24-25,27-29,31,48-49H,6,15-23,26H2,1-5H3,(H,51,52,53)(H,54,60,61)/t29-/m0/s1. The summed E-state index contributed by atoms with van der Waals surface area (Å²) < 4.78 is 5.32. The average molecular weight is 838 g/mol. The number of imide groups is 1. The fraction of sp³-hybridized carbons (Fsp3) is 0.404. The van der Waals surface area contributed by atoms with E-state index in [2.05, 4.69) is 96.2 Å². The van der Waals surface area contributed by atoms with Gasteiger partial charge >= 0.3 is 6.03 Å². The van der Waals surface area contributed by atoms with E-state index in [1.807, 2.05) is 51.2 Å². The fourth-order valence-electron chi connectivity index (χ4n) is 8.25. The molecule has 8 rings (SSSR count). The van der Waals surface area contributed by atoms with Crippen molar-refractivity contribution in [3.8, 4) is 22.6 Å². The fourth-order valence-corrected chi connectivity index (χ4v) is 8.25. The molecule has 2 aliphatic heterocycles. The molecule has 4 N–H and O–H groups in total. The molecule has 0 unspecified atom stereocenters. The summed E-state index contributed by atoms with van der Waals surface area (Å²) in [6.45, 7) is 15.2. The van der Waals surface area contributed by atoms with Gasteiger partial charge in [-0.05, 0) is 104 Å². The van der Waals surface area contributed by atoms with Crippen LogP contribution in [0, 0.1) is 12.8 Å². The number of pyridine rings is 1. The number of ketones is 1. The molecule has 322 valence electrons. The zero-order valence-electron chi connectivity index (χ0n) is 36.1. The van der Waals surface area contributed by atoms with Crippen LogP contribution in [0.3, 0.4) is 0 Å². The minimum Gasteiger partial charge on any atom is -0.383 e. The van der Waals surface area contributed by atoms with Gasteiger partial charge in [0.05, 0.1) is 29.0 Å². The zero-order valence-corrected chi connectivity index (χ0v) is 36.1. The molecule has 6 aromatic rings. The van der Waals surface area contributed by atoms with Crippen LogP contribution >= 0.6 is 0 Å². The topological polar surface area (TPSA) is 187 Å². The highest BCUT2D eigenvalue weighted by Crippen LogP contribution is 2.33. The summed E-state index contributed by atoms with van der Waals surface area (Å²) in [4.78, 5) is 62.3. The third-order valence-corrected chi connectivity index (χ3v) is 11.9. The van der Waals surface area contributed by atoms with Crippen LogP contribution in [0.1, 0.15) is 93.4 Å². The van der Waals surface area contributed by atoms with E-state index in [4.69, 9.17) is 9.51 Å². The van der Waals surface area contributed by atoms with Gasteiger partial charge < -0.3 is 25.0 Å². The van der Waals surface area contributed by atoms with Crippen molar-refractivity contribution in [1.29, 1.82) is 0 Å². The van der Waals surface area contributed by atoms with Crippen molar-refractivity contribution in [3.63, 3.8) is 0 Å². The quantitative estimate of drug-likeness (QED) is 0.0582. The number of aromatic amines is 1. The molecule has 0 aliphatic carbocycles.